The second-order valence-corrected chi connectivity index (χ2v) is 9.96. The van der Waals surface area contributed by atoms with Gasteiger partial charge in [-0.05, 0) is 57.7 Å². The van der Waals surface area contributed by atoms with Gasteiger partial charge in [0.1, 0.15) is 11.9 Å². The minimum absolute atomic E-state index is 0.315. The van der Waals surface area contributed by atoms with Gasteiger partial charge in [0.2, 0.25) is 0 Å². The van der Waals surface area contributed by atoms with Crippen molar-refractivity contribution in [3.8, 4) is 0 Å². The largest absolute Gasteiger partial charge is 0.476 e. The number of aromatic nitrogens is 1. The number of pyridine rings is 1. The number of piperidine rings is 1. The highest BCUT2D eigenvalue weighted by atomic mass is 16.5. The van der Waals surface area contributed by atoms with Crippen molar-refractivity contribution < 1.29 is 4.74 Å². The summed E-state index contributed by atoms with van der Waals surface area (Å²) in [6, 6.07) is 4.85. The molecule has 1 aliphatic carbocycles. The van der Waals surface area contributed by atoms with E-state index in [0.717, 1.165) is 63.5 Å². The van der Waals surface area contributed by atoms with E-state index in [0.29, 0.717) is 12.1 Å². The quantitative estimate of drug-likeness (QED) is 0.722. The van der Waals surface area contributed by atoms with Crippen molar-refractivity contribution in [2.45, 2.75) is 71.1 Å². The van der Waals surface area contributed by atoms with E-state index in [2.05, 4.69) is 45.7 Å². The topological polar surface area (TPSA) is 57.9 Å². The molecule has 3 aliphatic rings. The molecule has 0 unspecified atom stereocenters. The third kappa shape index (κ3) is 5.09. The van der Waals surface area contributed by atoms with E-state index in [1.165, 1.54) is 24.3 Å². The Kier molecular flexibility index (Phi) is 6.26. The number of allylic oxidation sites excluding steroid dienone is 1. The number of rotatable bonds is 6. The number of ether oxygens (including phenoxy) is 1. The molecule has 2 aliphatic heterocycles. The van der Waals surface area contributed by atoms with Gasteiger partial charge in [0.05, 0.1) is 0 Å². The van der Waals surface area contributed by atoms with Crippen LogP contribution in [0.25, 0.3) is 0 Å². The molecule has 3 heterocycles. The fraction of sp³-hybridized carbons (Fsp3) is 0.708. The summed E-state index contributed by atoms with van der Waals surface area (Å²) in [4.78, 5) is 12.1. The van der Waals surface area contributed by atoms with Crippen molar-refractivity contribution in [2.24, 2.45) is 5.73 Å². The molecule has 0 aromatic carbocycles. The summed E-state index contributed by atoms with van der Waals surface area (Å²) in [5, 5.41) is 0. The van der Waals surface area contributed by atoms with Crippen molar-refractivity contribution in [2.75, 3.05) is 44.2 Å². The number of hydrogen-bond donors (Lipinski definition) is 1. The molecule has 6 heteroatoms. The first kappa shape index (κ1) is 21.4. The van der Waals surface area contributed by atoms with E-state index in [1.807, 2.05) is 20.0 Å². The van der Waals surface area contributed by atoms with Crippen molar-refractivity contribution in [1.82, 2.24) is 14.8 Å². The molecule has 3 fully saturated rings. The molecule has 0 spiro atoms. The maximum atomic E-state index is 6.62. The third-order valence-electron chi connectivity index (χ3n) is 6.67. The standard InChI is InChI=1S/C24H39N5O/c1-18(2)27-13-15-29(16-14-27)23(19-5-6-19)30-21-9-11-28(12-10-21)22-8-7-20(17-26-22)24(3,4)25/h7-8,17-18,21H,5-6,9-16,25H2,1-4H3. The first-order valence-corrected chi connectivity index (χ1v) is 11.7. The first-order chi connectivity index (χ1) is 14.3. The average molecular weight is 414 g/mol. The number of nitrogens with two attached hydrogens (primary N) is 1. The highest BCUT2D eigenvalue weighted by molar-refractivity contribution is 5.41. The van der Waals surface area contributed by atoms with Crippen LogP contribution in [-0.4, -0.2) is 66.2 Å². The number of anilines is 1. The summed E-state index contributed by atoms with van der Waals surface area (Å²) >= 11 is 0. The molecule has 166 valence electrons. The van der Waals surface area contributed by atoms with E-state index in [9.17, 15) is 0 Å². The Balaban J connectivity index is 1.30. The second-order valence-electron chi connectivity index (χ2n) is 9.96. The molecule has 2 N–H and O–H groups in total. The molecule has 0 radical (unpaired) electrons. The summed E-state index contributed by atoms with van der Waals surface area (Å²) in [5.41, 5.74) is 8.43. The smallest absolute Gasteiger partial charge is 0.188 e. The lowest BCUT2D eigenvalue weighted by Crippen LogP contribution is -2.49. The molecule has 30 heavy (non-hydrogen) atoms. The normalized spacial score (nSPS) is 21.3. The number of nitrogens with zero attached hydrogens (tertiary/aromatic N) is 4. The predicted molar refractivity (Wildman–Crippen MR) is 122 cm³/mol. The van der Waals surface area contributed by atoms with E-state index >= 15 is 0 Å². The van der Waals surface area contributed by atoms with Gasteiger partial charge in [-0.3, -0.25) is 4.90 Å². The Morgan fingerprint density at radius 2 is 1.73 bits per heavy atom. The maximum absolute atomic E-state index is 6.62. The summed E-state index contributed by atoms with van der Waals surface area (Å²) in [6.45, 7) is 15.0. The van der Waals surface area contributed by atoms with Gasteiger partial charge in [0.25, 0.3) is 0 Å². The summed E-state index contributed by atoms with van der Waals surface area (Å²) in [6.07, 6.45) is 6.77. The molecule has 6 nitrogen and oxygen atoms in total. The highest BCUT2D eigenvalue weighted by Crippen LogP contribution is 2.36. The van der Waals surface area contributed by atoms with Gasteiger partial charge in [0, 0.05) is 69.9 Å². The Bertz CT molecular complexity index is 730. The monoisotopic (exact) mass is 413 g/mol. The van der Waals surface area contributed by atoms with Crippen molar-refractivity contribution in [3.05, 3.63) is 35.3 Å². The van der Waals surface area contributed by atoms with Gasteiger partial charge in [-0.15, -0.1) is 0 Å². The molecule has 1 aromatic heterocycles. The van der Waals surface area contributed by atoms with Gasteiger partial charge in [-0.25, -0.2) is 4.98 Å². The van der Waals surface area contributed by atoms with Crippen LogP contribution < -0.4 is 10.6 Å². The summed E-state index contributed by atoms with van der Waals surface area (Å²) < 4.78 is 6.62. The van der Waals surface area contributed by atoms with Crippen molar-refractivity contribution in [1.29, 1.82) is 0 Å². The van der Waals surface area contributed by atoms with Crippen molar-refractivity contribution in [3.63, 3.8) is 0 Å². The van der Waals surface area contributed by atoms with E-state index in [-0.39, 0.29) is 5.54 Å². The summed E-state index contributed by atoms with van der Waals surface area (Å²) in [5.74, 6) is 2.26. The zero-order valence-electron chi connectivity index (χ0n) is 19.2. The fourth-order valence-electron chi connectivity index (χ4n) is 4.41. The van der Waals surface area contributed by atoms with Gasteiger partial charge in [0.15, 0.2) is 5.88 Å². The van der Waals surface area contributed by atoms with Crippen LogP contribution in [0, 0.1) is 0 Å². The number of piperazine rings is 1. The van der Waals surface area contributed by atoms with Crippen molar-refractivity contribution >= 4 is 5.82 Å². The van der Waals surface area contributed by atoms with Gasteiger partial charge in [-0.1, -0.05) is 6.07 Å². The zero-order valence-corrected chi connectivity index (χ0v) is 19.2. The van der Waals surface area contributed by atoms with Crippen LogP contribution in [0.15, 0.2) is 29.8 Å². The SMILES string of the molecule is CC(C)N1CCN(C(OC2CCN(c3ccc(C(C)(C)N)cn3)CC2)=C2CC2)CC1. The third-order valence-corrected chi connectivity index (χ3v) is 6.67. The molecule has 1 saturated carbocycles. The van der Waals surface area contributed by atoms with Crippen LogP contribution in [-0.2, 0) is 10.3 Å². The zero-order chi connectivity index (χ0) is 21.3. The molecular formula is C24H39N5O. The lowest BCUT2D eigenvalue weighted by atomic mass is 9.97. The van der Waals surface area contributed by atoms with Crippen LogP contribution in [0.4, 0.5) is 5.82 Å². The van der Waals surface area contributed by atoms with Gasteiger partial charge < -0.3 is 20.3 Å². The fourth-order valence-corrected chi connectivity index (χ4v) is 4.41. The second kappa shape index (κ2) is 8.75. The van der Waals surface area contributed by atoms with Gasteiger partial charge in [-0.2, -0.15) is 0 Å². The Labute approximate surface area is 182 Å². The molecular weight excluding hydrogens is 374 g/mol. The maximum Gasteiger partial charge on any atom is 0.188 e. The molecule has 1 aromatic rings. The van der Waals surface area contributed by atoms with Crippen LogP contribution >= 0.6 is 0 Å². The Morgan fingerprint density at radius 3 is 2.23 bits per heavy atom. The molecule has 0 amide bonds. The van der Waals surface area contributed by atoms with Crippen LogP contribution in [0.5, 0.6) is 0 Å². The van der Waals surface area contributed by atoms with Gasteiger partial charge >= 0.3 is 0 Å². The lowest BCUT2D eigenvalue weighted by Gasteiger charge is -2.40. The van der Waals surface area contributed by atoms with Crippen LogP contribution in [0.3, 0.4) is 0 Å². The molecule has 0 atom stereocenters. The minimum Gasteiger partial charge on any atom is -0.476 e. The lowest BCUT2D eigenvalue weighted by molar-refractivity contribution is 0.0131. The van der Waals surface area contributed by atoms with E-state index < -0.39 is 0 Å². The first-order valence-electron chi connectivity index (χ1n) is 11.7. The van der Waals surface area contributed by atoms with Crippen LogP contribution in [0.2, 0.25) is 0 Å². The molecule has 4 rings (SSSR count). The predicted octanol–water partition coefficient (Wildman–Crippen LogP) is 3.29. The molecule has 2 saturated heterocycles. The number of hydrogen-bond acceptors (Lipinski definition) is 6. The van der Waals surface area contributed by atoms with E-state index in [4.69, 9.17) is 10.5 Å². The minimum atomic E-state index is -0.347. The average Bonchev–Trinajstić information content (AvgIpc) is 3.57. The highest BCUT2D eigenvalue weighted by Gasteiger charge is 2.31. The van der Waals surface area contributed by atoms with Crippen LogP contribution in [0.1, 0.15) is 58.9 Å². The Hall–Kier alpha value is -1.79. The molecule has 0 bridgehead atoms. The summed E-state index contributed by atoms with van der Waals surface area (Å²) in [7, 11) is 0. The Morgan fingerprint density at radius 1 is 1.07 bits per heavy atom. The van der Waals surface area contributed by atoms with E-state index in [1.54, 1.807) is 0 Å².